The Morgan fingerprint density at radius 2 is 1.96 bits per heavy atom. The monoisotopic (exact) mass is 347 g/mol. The Hall–Kier alpha value is -0.570. The van der Waals surface area contributed by atoms with E-state index in [1.165, 1.54) is 32.1 Å². The molecule has 4 fully saturated rings. The van der Waals surface area contributed by atoms with Gasteiger partial charge in [-0.2, -0.15) is 0 Å². The van der Waals surface area contributed by atoms with Crippen LogP contribution < -0.4 is 0 Å². The van der Waals surface area contributed by atoms with E-state index in [-0.39, 0.29) is 0 Å². The molecule has 0 radical (unpaired) electrons. The summed E-state index contributed by atoms with van der Waals surface area (Å²) in [6, 6.07) is 0.457. The molecule has 0 N–H and O–H groups in total. The second-order valence-corrected chi connectivity index (χ2v) is 10.2. The Labute approximate surface area is 153 Å². The number of rotatable bonds is 2. The molecule has 1 saturated heterocycles. The van der Waals surface area contributed by atoms with Crippen LogP contribution in [-0.2, 0) is 9.53 Å². The van der Waals surface area contributed by atoms with E-state index < -0.39 is 0 Å². The molecule has 4 rings (SSSR count). The number of carbonyl (C=O) groups excluding carboxylic acids is 1. The molecular formula is C22H37NO2. The van der Waals surface area contributed by atoms with Crippen molar-refractivity contribution in [1.29, 1.82) is 0 Å². The first-order valence-electron chi connectivity index (χ1n) is 10.7. The Bertz CT molecular complexity index is 548. The fourth-order valence-corrected chi connectivity index (χ4v) is 7.82. The van der Waals surface area contributed by atoms with Gasteiger partial charge in [-0.1, -0.05) is 20.8 Å². The zero-order valence-corrected chi connectivity index (χ0v) is 16.9. The van der Waals surface area contributed by atoms with Gasteiger partial charge in [0.05, 0.1) is 6.10 Å². The summed E-state index contributed by atoms with van der Waals surface area (Å²) in [6.07, 6.45) is 8.78. The van der Waals surface area contributed by atoms with Gasteiger partial charge in [-0.3, -0.25) is 4.79 Å². The van der Waals surface area contributed by atoms with Crippen molar-refractivity contribution >= 4 is 5.91 Å². The molecule has 3 heteroatoms. The number of likely N-dealkylation sites (tertiary alicyclic amines) is 1. The van der Waals surface area contributed by atoms with Crippen LogP contribution in [0.25, 0.3) is 0 Å². The molecule has 25 heavy (non-hydrogen) atoms. The van der Waals surface area contributed by atoms with Crippen molar-refractivity contribution in [2.24, 2.45) is 34.5 Å². The molecule has 0 aromatic carbocycles. The van der Waals surface area contributed by atoms with E-state index in [0.717, 1.165) is 43.1 Å². The van der Waals surface area contributed by atoms with Crippen LogP contribution in [0.3, 0.4) is 0 Å². The first-order valence-corrected chi connectivity index (χ1v) is 10.7. The SMILES string of the molecule is CCOC1C[C@H]2[C@@H]3C(C)CC4N(C)C(=O)CC[C@]4(C)[C@@H]3CC[C@]2(C)C1. The van der Waals surface area contributed by atoms with Gasteiger partial charge in [0.2, 0.25) is 5.91 Å². The average molecular weight is 348 g/mol. The third-order valence-corrected chi connectivity index (χ3v) is 9.06. The van der Waals surface area contributed by atoms with Crippen LogP contribution in [0.2, 0.25) is 0 Å². The number of carbonyl (C=O) groups is 1. The number of piperidine rings is 1. The molecule has 0 aromatic rings. The normalized spacial score (nSPS) is 52.5. The van der Waals surface area contributed by atoms with Gasteiger partial charge in [0.15, 0.2) is 0 Å². The predicted molar refractivity (Wildman–Crippen MR) is 100 cm³/mol. The Balaban J connectivity index is 1.64. The first-order chi connectivity index (χ1) is 11.8. The quantitative estimate of drug-likeness (QED) is 0.736. The van der Waals surface area contributed by atoms with Gasteiger partial charge in [0.1, 0.15) is 0 Å². The lowest BCUT2D eigenvalue weighted by atomic mass is 9.45. The standard InChI is InChI=1S/C22H37NO2/c1-6-25-15-12-17-20-14(2)11-18-22(4,10-8-19(24)23(18)5)16(20)7-9-21(17,3)13-15/h14-18,20H,6-13H2,1-5H3/t14?,15?,16-,17+,18?,20-,21-,22-/m1/s1. The van der Waals surface area contributed by atoms with Crippen molar-refractivity contribution in [3.05, 3.63) is 0 Å². The summed E-state index contributed by atoms with van der Waals surface area (Å²) < 4.78 is 6.08. The molecule has 3 aliphatic carbocycles. The van der Waals surface area contributed by atoms with E-state index >= 15 is 0 Å². The minimum Gasteiger partial charge on any atom is -0.378 e. The second kappa shape index (κ2) is 5.97. The van der Waals surface area contributed by atoms with Crippen LogP contribution in [0, 0.1) is 34.5 Å². The number of hydrogen-bond acceptors (Lipinski definition) is 2. The lowest BCUT2D eigenvalue weighted by molar-refractivity contribution is -0.164. The fraction of sp³-hybridized carbons (Fsp3) is 0.955. The van der Waals surface area contributed by atoms with Crippen molar-refractivity contribution in [3.8, 4) is 0 Å². The molecule has 3 nitrogen and oxygen atoms in total. The highest BCUT2D eigenvalue weighted by molar-refractivity contribution is 5.77. The largest absolute Gasteiger partial charge is 0.378 e. The molecule has 0 spiro atoms. The highest BCUT2D eigenvalue weighted by atomic mass is 16.5. The maximum absolute atomic E-state index is 12.3. The molecular weight excluding hydrogens is 310 g/mol. The van der Waals surface area contributed by atoms with Gasteiger partial charge in [-0.05, 0) is 80.0 Å². The summed E-state index contributed by atoms with van der Waals surface area (Å²) >= 11 is 0. The molecule has 142 valence electrons. The van der Waals surface area contributed by atoms with Gasteiger partial charge in [-0.15, -0.1) is 0 Å². The van der Waals surface area contributed by atoms with Crippen molar-refractivity contribution in [3.63, 3.8) is 0 Å². The zero-order valence-electron chi connectivity index (χ0n) is 16.9. The molecule has 4 aliphatic rings. The summed E-state index contributed by atoms with van der Waals surface area (Å²) in [4.78, 5) is 14.4. The molecule has 8 atom stereocenters. The van der Waals surface area contributed by atoms with E-state index in [1.807, 2.05) is 0 Å². The average Bonchev–Trinajstić information content (AvgIpc) is 2.90. The van der Waals surface area contributed by atoms with Crippen molar-refractivity contribution in [1.82, 2.24) is 4.90 Å². The van der Waals surface area contributed by atoms with E-state index in [9.17, 15) is 4.79 Å². The van der Waals surface area contributed by atoms with Crippen LogP contribution >= 0.6 is 0 Å². The molecule has 1 amide bonds. The second-order valence-electron chi connectivity index (χ2n) is 10.2. The lowest BCUT2D eigenvalue weighted by Crippen LogP contribution is -2.62. The van der Waals surface area contributed by atoms with Crippen LogP contribution in [0.5, 0.6) is 0 Å². The van der Waals surface area contributed by atoms with Crippen molar-refractivity contribution < 1.29 is 9.53 Å². The minimum absolute atomic E-state index is 0.324. The van der Waals surface area contributed by atoms with Gasteiger partial charge < -0.3 is 9.64 Å². The van der Waals surface area contributed by atoms with E-state index in [1.54, 1.807) is 0 Å². The summed E-state index contributed by atoms with van der Waals surface area (Å²) in [7, 11) is 2.06. The molecule has 3 saturated carbocycles. The molecule has 0 bridgehead atoms. The third kappa shape index (κ3) is 2.51. The van der Waals surface area contributed by atoms with Crippen LogP contribution in [0.4, 0.5) is 0 Å². The highest BCUT2D eigenvalue weighted by Gasteiger charge is 2.62. The summed E-state index contributed by atoms with van der Waals surface area (Å²) in [5.74, 6) is 3.52. The Kier molecular flexibility index (Phi) is 4.26. The smallest absolute Gasteiger partial charge is 0.222 e. The van der Waals surface area contributed by atoms with Gasteiger partial charge in [0.25, 0.3) is 0 Å². The summed E-state index contributed by atoms with van der Waals surface area (Å²) in [6.45, 7) is 10.5. The topological polar surface area (TPSA) is 29.5 Å². The van der Waals surface area contributed by atoms with E-state index in [4.69, 9.17) is 4.74 Å². The first kappa shape index (κ1) is 17.8. The van der Waals surface area contributed by atoms with Gasteiger partial charge >= 0.3 is 0 Å². The van der Waals surface area contributed by atoms with Crippen LogP contribution in [0.15, 0.2) is 0 Å². The van der Waals surface area contributed by atoms with E-state index in [2.05, 4.69) is 39.6 Å². The Morgan fingerprint density at radius 1 is 1.20 bits per heavy atom. The summed E-state index contributed by atoms with van der Waals surface area (Å²) in [5, 5.41) is 0. The fourth-order valence-electron chi connectivity index (χ4n) is 7.82. The zero-order chi connectivity index (χ0) is 18.0. The number of amides is 1. The van der Waals surface area contributed by atoms with Gasteiger partial charge in [-0.25, -0.2) is 0 Å². The maximum Gasteiger partial charge on any atom is 0.222 e. The third-order valence-electron chi connectivity index (χ3n) is 9.06. The number of ether oxygens (including phenoxy) is 1. The van der Waals surface area contributed by atoms with E-state index in [0.29, 0.717) is 28.9 Å². The number of fused-ring (bicyclic) bond motifs is 5. The molecule has 3 unspecified atom stereocenters. The Morgan fingerprint density at radius 3 is 2.68 bits per heavy atom. The van der Waals surface area contributed by atoms with Crippen molar-refractivity contribution in [2.75, 3.05) is 13.7 Å². The predicted octanol–water partition coefficient (Wildman–Crippen LogP) is 4.50. The summed E-state index contributed by atoms with van der Waals surface area (Å²) in [5.41, 5.74) is 0.805. The van der Waals surface area contributed by atoms with Crippen LogP contribution in [0.1, 0.15) is 72.6 Å². The number of nitrogens with zero attached hydrogens (tertiary/aromatic N) is 1. The van der Waals surface area contributed by atoms with Gasteiger partial charge in [0, 0.05) is 26.1 Å². The molecule has 1 aliphatic heterocycles. The molecule has 0 aromatic heterocycles. The minimum atomic E-state index is 0.324. The maximum atomic E-state index is 12.3. The van der Waals surface area contributed by atoms with Crippen LogP contribution in [-0.4, -0.2) is 36.6 Å². The lowest BCUT2D eigenvalue weighted by Gasteiger charge is -2.63. The molecule has 1 heterocycles. The van der Waals surface area contributed by atoms with Crippen molar-refractivity contribution in [2.45, 2.75) is 84.8 Å². The highest BCUT2D eigenvalue weighted by Crippen LogP contribution is 2.66. The number of hydrogen-bond donors (Lipinski definition) is 0.